The van der Waals surface area contributed by atoms with Crippen LogP contribution in [0.2, 0.25) is 0 Å². The monoisotopic (exact) mass is 331 g/mol. The van der Waals surface area contributed by atoms with Gasteiger partial charge in [0.15, 0.2) is 0 Å². The summed E-state index contributed by atoms with van der Waals surface area (Å²) in [5.74, 6) is 0.661. The molecule has 1 aliphatic rings. The van der Waals surface area contributed by atoms with E-state index in [2.05, 4.69) is 10.6 Å². The van der Waals surface area contributed by atoms with Gasteiger partial charge in [0.2, 0.25) is 5.91 Å². The molecule has 2 N–H and O–H groups in total. The molecule has 0 unspecified atom stereocenters. The SMILES string of the molecule is COc1cc(NC(=O)Nc2cccs2)ccc1N1CCCC1=O. The summed E-state index contributed by atoms with van der Waals surface area (Å²) in [6.45, 7) is 0.695. The molecule has 1 aromatic carbocycles. The van der Waals surface area contributed by atoms with E-state index in [-0.39, 0.29) is 11.9 Å². The molecular formula is C16H17N3O3S. The Balaban J connectivity index is 1.73. The first kappa shape index (κ1) is 15.4. The topological polar surface area (TPSA) is 70.7 Å². The van der Waals surface area contributed by atoms with Crippen LogP contribution in [0.1, 0.15) is 12.8 Å². The van der Waals surface area contributed by atoms with Crippen molar-refractivity contribution in [2.45, 2.75) is 12.8 Å². The molecule has 1 saturated heterocycles. The van der Waals surface area contributed by atoms with Crippen molar-refractivity contribution in [1.82, 2.24) is 0 Å². The summed E-state index contributed by atoms with van der Waals surface area (Å²) in [6.07, 6.45) is 1.41. The van der Waals surface area contributed by atoms with E-state index in [0.29, 0.717) is 24.4 Å². The molecule has 2 aromatic rings. The number of urea groups is 1. The highest BCUT2D eigenvalue weighted by molar-refractivity contribution is 7.14. The van der Waals surface area contributed by atoms with Gasteiger partial charge >= 0.3 is 6.03 Å². The minimum atomic E-state index is -0.320. The third kappa shape index (κ3) is 3.45. The largest absolute Gasteiger partial charge is 0.494 e. The molecule has 0 aliphatic carbocycles. The van der Waals surface area contributed by atoms with Crippen LogP contribution in [-0.4, -0.2) is 25.6 Å². The van der Waals surface area contributed by atoms with E-state index in [0.717, 1.165) is 17.1 Å². The van der Waals surface area contributed by atoms with Gasteiger partial charge in [-0.1, -0.05) is 0 Å². The molecule has 3 amide bonds. The van der Waals surface area contributed by atoms with Gasteiger partial charge in [-0.15, -0.1) is 11.3 Å². The number of ether oxygens (including phenoxy) is 1. The average molecular weight is 331 g/mol. The second-order valence-corrected chi connectivity index (χ2v) is 6.04. The lowest BCUT2D eigenvalue weighted by atomic mass is 10.2. The molecule has 23 heavy (non-hydrogen) atoms. The first-order chi connectivity index (χ1) is 11.2. The van der Waals surface area contributed by atoms with Gasteiger partial charge in [-0.3, -0.25) is 10.1 Å². The molecule has 0 bridgehead atoms. The summed E-state index contributed by atoms with van der Waals surface area (Å²) in [4.78, 5) is 25.5. The van der Waals surface area contributed by atoms with Gasteiger partial charge in [0.1, 0.15) is 5.75 Å². The quantitative estimate of drug-likeness (QED) is 0.900. The second-order valence-electron chi connectivity index (χ2n) is 5.09. The molecule has 0 spiro atoms. The van der Waals surface area contributed by atoms with Crippen LogP contribution in [0.25, 0.3) is 0 Å². The smallest absolute Gasteiger partial charge is 0.324 e. The normalized spacial score (nSPS) is 14.0. The lowest BCUT2D eigenvalue weighted by molar-refractivity contribution is -0.117. The van der Waals surface area contributed by atoms with E-state index in [1.54, 1.807) is 30.2 Å². The van der Waals surface area contributed by atoms with Crippen molar-refractivity contribution in [3.63, 3.8) is 0 Å². The lowest BCUT2D eigenvalue weighted by Gasteiger charge is -2.19. The van der Waals surface area contributed by atoms with Crippen LogP contribution in [-0.2, 0) is 4.79 Å². The van der Waals surface area contributed by atoms with E-state index in [4.69, 9.17) is 4.74 Å². The number of nitrogens with zero attached hydrogens (tertiary/aromatic N) is 1. The molecule has 1 aromatic heterocycles. The van der Waals surface area contributed by atoms with E-state index < -0.39 is 0 Å². The van der Waals surface area contributed by atoms with Gasteiger partial charge in [-0.2, -0.15) is 0 Å². The van der Waals surface area contributed by atoms with E-state index in [1.807, 2.05) is 17.5 Å². The fourth-order valence-electron chi connectivity index (χ4n) is 2.51. The van der Waals surface area contributed by atoms with Gasteiger partial charge in [0.25, 0.3) is 0 Å². The third-order valence-electron chi connectivity index (χ3n) is 3.56. The third-order valence-corrected chi connectivity index (χ3v) is 4.35. The standard InChI is InChI=1S/C16H17N3O3S/c1-22-13-10-11(17-16(21)18-14-4-3-9-23-14)6-7-12(13)19-8-2-5-15(19)20/h3-4,6-7,9-10H,2,5,8H2,1H3,(H2,17,18,21). The van der Waals surface area contributed by atoms with Gasteiger partial charge in [0.05, 0.1) is 17.8 Å². The fourth-order valence-corrected chi connectivity index (χ4v) is 3.12. The Morgan fingerprint density at radius 3 is 2.83 bits per heavy atom. The number of benzene rings is 1. The Bertz CT molecular complexity index is 715. The van der Waals surface area contributed by atoms with Gasteiger partial charge < -0.3 is 15.0 Å². The maximum atomic E-state index is 12.0. The number of hydrogen-bond acceptors (Lipinski definition) is 4. The number of anilines is 3. The highest BCUT2D eigenvalue weighted by atomic mass is 32.1. The van der Waals surface area contributed by atoms with Crippen molar-refractivity contribution < 1.29 is 14.3 Å². The molecular weight excluding hydrogens is 314 g/mol. The summed E-state index contributed by atoms with van der Waals surface area (Å²) in [6, 6.07) is 8.65. The fraction of sp³-hybridized carbons (Fsp3) is 0.250. The van der Waals surface area contributed by atoms with Gasteiger partial charge in [0, 0.05) is 24.7 Å². The number of rotatable bonds is 4. The van der Waals surface area contributed by atoms with Crippen LogP contribution < -0.4 is 20.3 Å². The average Bonchev–Trinajstić information content (AvgIpc) is 3.19. The van der Waals surface area contributed by atoms with Crippen molar-refractivity contribution in [1.29, 1.82) is 0 Å². The number of nitrogens with one attached hydrogen (secondary N) is 2. The van der Waals surface area contributed by atoms with Crippen LogP contribution >= 0.6 is 11.3 Å². The minimum absolute atomic E-state index is 0.0967. The first-order valence-corrected chi connectivity index (χ1v) is 8.15. The van der Waals surface area contributed by atoms with Crippen molar-refractivity contribution in [3.05, 3.63) is 35.7 Å². The number of methoxy groups -OCH3 is 1. The van der Waals surface area contributed by atoms with Crippen molar-refractivity contribution >= 4 is 39.7 Å². The second kappa shape index (κ2) is 6.70. The summed E-state index contributed by atoms with van der Waals surface area (Å²) in [5.41, 5.74) is 1.34. The Labute approximate surface area is 138 Å². The molecule has 0 saturated carbocycles. The Morgan fingerprint density at radius 2 is 2.17 bits per heavy atom. The number of thiophene rings is 1. The van der Waals surface area contributed by atoms with Crippen molar-refractivity contribution in [3.8, 4) is 5.75 Å². The summed E-state index contributed by atoms with van der Waals surface area (Å²) < 4.78 is 5.37. The highest BCUT2D eigenvalue weighted by Crippen LogP contribution is 2.33. The van der Waals surface area contributed by atoms with Gasteiger partial charge in [-0.25, -0.2) is 4.79 Å². The Morgan fingerprint density at radius 1 is 1.30 bits per heavy atom. The maximum Gasteiger partial charge on any atom is 0.324 e. The number of hydrogen-bond donors (Lipinski definition) is 2. The predicted molar refractivity (Wildman–Crippen MR) is 91.5 cm³/mol. The maximum absolute atomic E-state index is 12.0. The van der Waals surface area contributed by atoms with Crippen LogP contribution in [0.3, 0.4) is 0 Å². The zero-order valence-corrected chi connectivity index (χ0v) is 13.5. The molecule has 0 atom stereocenters. The van der Waals surface area contributed by atoms with Crippen LogP contribution in [0.5, 0.6) is 5.75 Å². The zero-order chi connectivity index (χ0) is 16.2. The van der Waals surface area contributed by atoms with Gasteiger partial charge in [-0.05, 0) is 36.1 Å². The van der Waals surface area contributed by atoms with Crippen molar-refractivity contribution in [2.75, 3.05) is 29.2 Å². The molecule has 1 aliphatic heterocycles. The molecule has 1 fully saturated rings. The summed E-state index contributed by atoms with van der Waals surface area (Å²) in [5, 5.41) is 8.17. The van der Waals surface area contributed by atoms with Crippen molar-refractivity contribution in [2.24, 2.45) is 0 Å². The van der Waals surface area contributed by atoms with Crippen LogP contribution in [0, 0.1) is 0 Å². The highest BCUT2D eigenvalue weighted by Gasteiger charge is 2.24. The first-order valence-electron chi connectivity index (χ1n) is 7.27. The molecule has 0 radical (unpaired) electrons. The van der Waals surface area contributed by atoms with Crippen LogP contribution in [0.15, 0.2) is 35.7 Å². The van der Waals surface area contributed by atoms with E-state index >= 15 is 0 Å². The number of carbonyl (C=O) groups is 2. The Hall–Kier alpha value is -2.54. The number of carbonyl (C=O) groups excluding carboxylic acids is 2. The Kier molecular flexibility index (Phi) is 4.47. The summed E-state index contributed by atoms with van der Waals surface area (Å²) in [7, 11) is 1.55. The molecule has 3 rings (SSSR count). The molecule has 2 heterocycles. The predicted octanol–water partition coefficient (Wildman–Crippen LogP) is 3.53. The minimum Gasteiger partial charge on any atom is -0.494 e. The molecule has 7 heteroatoms. The zero-order valence-electron chi connectivity index (χ0n) is 12.7. The van der Waals surface area contributed by atoms with E-state index in [1.165, 1.54) is 11.3 Å². The lowest BCUT2D eigenvalue weighted by Crippen LogP contribution is -2.24. The molecule has 120 valence electrons. The van der Waals surface area contributed by atoms with E-state index in [9.17, 15) is 9.59 Å². The van der Waals surface area contributed by atoms with Crippen LogP contribution in [0.4, 0.5) is 21.2 Å². The summed E-state index contributed by atoms with van der Waals surface area (Å²) >= 11 is 1.45. The molecule has 6 nitrogen and oxygen atoms in total. The number of amides is 3.